The Bertz CT molecular complexity index is 1150. The van der Waals surface area contributed by atoms with Crippen LogP contribution < -0.4 is 11.1 Å². The number of likely N-dealkylation sites (tertiary alicyclic amines) is 1. The summed E-state index contributed by atoms with van der Waals surface area (Å²) in [4.78, 5) is 48.2. The van der Waals surface area contributed by atoms with Gasteiger partial charge in [0.1, 0.15) is 11.6 Å². The second-order valence-corrected chi connectivity index (χ2v) is 7.06. The molecule has 0 spiro atoms. The highest BCUT2D eigenvalue weighted by Crippen LogP contribution is 2.25. The van der Waals surface area contributed by atoms with E-state index < -0.39 is 0 Å². The molecule has 2 aromatic heterocycles. The zero-order chi connectivity index (χ0) is 20.4. The zero-order valence-electron chi connectivity index (χ0n) is 15.5. The SMILES string of the molecule is O=C(Cc1ccc(F)cc1)N1CCC(c2nc(-c3ccc[nH]c3=O)cc(=O)[nH]2)C1. The quantitative estimate of drug-likeness (QED) is 0.705. The Hall–Kier alpha value is -3.55. The number of hydrogen-bond donors (Lipinski definition) is 2. The third-order valence-electron chi connectivity index (χ3n) is 5.05. The number of benzene rings is 1. The molecule has 0 saturated carbocycles. The van der Waals surface area contributed by atoms with E-state index in [-0.39, 0.29) is 35.2 Å². The van der Waals surface area contributed by atoms with Gasteiger partial charge in [-0.3, -0.25) is 14.4 Å². The van der Waals surface area contributed by atoms with Gasteiger partial charge < -0.3 is 14.9 Å². The molecule has 0 aliphatic carbocycles. The number of halogens is 1. The Balaban J connectivity index is 1.51. The Kier molecular flexibility index (Phi) is 5.07. The van der Waals surface area contributed by atoms with Crippen LogP contribution in [-0.4, -0.2) is 38.8 Å². The van der Waals surface area contributed by atoms with Crippen molar-refractivity contribution in [1.29, 1.82) is 0 Å². The van der Waals surface area contributed by atoms with Crippen molar-refractivity contribution in [3.8, 4) is 11.3 Å². The van der Waals surface area contributed by atoms with Gasteiger partial charge in [0.25, 0.3) is 11.1 Å². The summed E-state index contributed by atoms with van der Waals surface area (Å²) in [6.07, 6.45) is 2.37. The van der Waals surface area contributed by atoms with Crippen LogP contribution in [-0.2, 0) is 11.2 Å². The normalized spacial score (nSPS) is 16.2. The van der Waals surface area contributed by atoms with E-state index in [0.29, 0.717) is 36.6 Å². The fourth-order valence-electron chi connectivity index (χ4n) is 3.53. The minimum atomic E-state index is -0.343. The molecule has 2 N–H and O–H groups in total. The van der Waals surface area contributed by atoms with Crippen molar-refractivity contribution < 1.29 is 9.18 Å². The van der Waals surface area contributed by atoms with Gasteiger partial charge in [0.2, 0.25) is 5.91 Å². The third-order valence-corrected chi connectivity index (χ3v) is 5.05. The number of nitrogens with zero attached hydrogens (tertiary/aromatic N) is 2. The van der Waals surface area contributed by atoms with Crippen LogP contribution in [0.4, 0.5) is 4.39 Å². The maximum Gasteiger partial charge on any atom is 0.257 e. The molecular weight excluding hydrogens is 375 g/mol. The van der Waals surface area contributed by atoms with Crippen molar-refractivity contribution in [2.75, 3.05) is 13.1 Å². The molecule has 29 heavy (non-hydrogen) atoms. The molecule has 0 bridgehead atoms. The molecule has 1 aromatic carbocycles. The molecule has 148 valence electrons. The number of H-pyrrole nitrogens is 2. The van der Waals surface area contributed by atoms with Crippen molar-refractivity contribution in [1.82, 2.24) is 19.9 Å². The average Bonchev–Trinajstić information content (AvgIpc) is 3.20. The number of aromatic nitrogens is 3. The Labute approximate surface area is 165 Å². The van der Waals surface area contributed by atoms with Crippen LogP contribution in [0.1, 0.15) is 23.7 Å². The first kappa shape index (κ1) is 18.8. The van der Waals surface area contributed by atoms with Crippen LogP contribution in [0.25, 0.3) is 11.3 Å². The van der Waals surface area contributed by atoms with Crippen molar-refractivity contribution >= 4 is 5.91 Å². The Morgan fingerprint density at radius 3 is 2.76 bits per heavy atom. The number of carbonyl (C=O) groups is 1. The first-order valence-corrected chi connectivity index (χ1v) is 9.31. The third kappa shape index (κ3) is 4.16. The monoisotopic (exact) mass is 394 g/mol. The predicted molar refractivity (Wildman–Crippen MR) is 105 cm³/mol. The number of aromatic amines is 2. The van der Waals surface area contributed by atoms with E-state index in [1.54, 1.807) is 29.2 Å². The summed E-state index contributed by atoms with van der Waals surface area (Å²) in [6, 6.07) is 10.4. The van der Waals surface area contributed by atoms with E-state index in [1.165, 1.54) is 24.4 Å². The summed E-state index contributed by atoms with van der Waals surface area (Å²) in [5.74, 6) is -0.0536. The van der Waals surface area contributed by atoms with Gasteiger partial charge in [0.15, 0.2) is 0 Å². The van der Waals surface area contributed by atoms with Gasteiger partial charge in [-0.2, -0.15) is 0 Å². The van der Waals surface area contributed by atoms with Crippen molar-refractivity contribution in [3.05, 3.63) is 86.6 Å². The summed E-state index contributed by atoms with van der Waals surface area (Å²) in [6.45, 7) is 0.974. The first-order chi connectivity index (χ1) is 14.0. The van der Waals surface area contributed by atoms with Crippen LogP contribution >= 0.6 is 0 Å². The van der Waals surface area contributed by atoms with Crippen LogP contribution in [0.15, 0.2) is 58.3 Å². The zero-order valence-corrected chi connectivity index (χ0v) is 15.5. The highest BCUT2D eigenvalue weighted by molar-refractivity contribution is 5.79. The first-order valence-electron chi connectivity index (χ1n) is 9.31. The molecule has 0 radical (unpaired) electrons. The van der Waals surface area contributed by atoms with Crippen LogP contribution in [0.5, 0.6) is 0 Å². The van der Waals surface area contributed by atoms with Gasteiger partial charge in [-0.15, -0.1) is 0 Å². The lowest BCUT2D eigenvalue weighted by molar-refractivity contribution is -0.129. The lowest BCUT2D eigenvalue weighted by atomic mass is 10.1. The summed E-state index contributed by atoms with van der Waals surface area (Å²) in [7, 11) is 0. The van der Waals surface area contributed by atoms with Gasteiger partial charge in [0.05, 0.1) is 17.7 Å². The van der Waals surface area contributed by atoms with E-state index >= 15 is 0 Å². The topological polar surface area (TPSA) is 98.9 Å². The molecule has 1 aliphatic heterocycles. The number of nitrogens with one attached hydrogen (secondary N) is 2. The van der Waals surface area contributed by atoms with E-state index in [2.05, 4.69) is 15.0 Å². The van der Waals surface area contributed by atoms with Crippen LogP contribution in [0, 0.1) is 5.82 Å². The lowest BCUT2D eigenvalue weighted by Gasteiger charge is -2.16. The second kappa shape index (κ2) is 7.83. The number of carbonyl (C=O) groups excluding carboxylic acids is 1. The van der Waals surface area contributed by atoms with Crippen molar-refractivity contribution in [3.63, 3.8) is 0 Å². The molecule has 1 saturated heterocycles. The van der Waals surface area contributed by atoms with Crippen LogP contribution in [0.2, 0.25) is 0 Å². The standard InChI is InChI=1S/C21H19FN4O3/c22-15-5-3-13(4-6-15)10-19(28)26-9-7-14(12-26)20-24-17(11-18(27)25-20)16-2-1-8-23-21(16)29/h1-6,8,11,14H,7,9-10,12H2,(H,23,29)(H,24,25,27). The fourth-order valence-corrected chi connectivity index (χ4v) is 3.53. The smallest absolute Gasteiger partial charge is 0.257 e. The summed E-state index contributed by atoms with van der Waals surface area (Å²) < 4.78 is 13.0. The Morgan fingerprint density at radius 2 is 2.00 bits per heavy atom. The highest BCUT2D eigenvalue weighted by atomic mass is 19.1. The van der Waals surface area contributed by atoms with Crippen LogP contribution in [0.3, 0.4) is 0 Å². The highest BCUT2D eigenvalue weighted by Gasteiger charge is 2.29. The molecule has 1 fully saturated rings. The van der Waals surface area contributed by atoms with E-state index in [0.717, 1.165) is 5.56 Å². The molecular formula is C21H19FN4O3. The minimum Gasteiger partial charge on any atom is -0.342 e. The molecule has 1 unspecified atom stereocenters. The van der Waals surface area contributed by atoms with E-state index in [4.69, 9.17) is 0 Å². The maximum atomic E-state index is 13.0. The van der Waals surface area contributed by atoms with E-state index in [9.17, 15) is 18.8 Å². The van der Waals surface area contributed by atoms with E-state index in [1.807, 2.05) is 0 Å². The van der Waals surface area contributed by atoms with Gasteiger partial charge in [-0.05, 0) is 36.2 Å². The largest absolute Gasteiger partial charge is 0.342 e. The maximum absolute atomic E-state index is 13.0. The van der Waals surface area contributed by atoms with Gasteiger partial charge >= 0.3 is 0 Å². The predicted octanol–water partition coefficient (Wildman–Crippen LogP) is 1.82. The average molecular weight is 394 g/mol. The number of pyridine rings is 1. The second-order valence-electron chi connectivity index (χ2n) is 7.06. The minimum absolute atomic E-state index is 0.0582. The van der Waals surface area contributed by atoms with Crippen molar-refractivity contribution in [2.24, 2.45) is 0 Å². The van der Waals surface area contributed by atoms with Gasteiger partial charge in [0, 0.05) is 31.3 Å². The van der Waals surface area contributed by atoms with Gasteiger partial charge in [-0.1, -0.05) is 12.1 Å². The molecule has 8 heteroatoms. The summed E-state index contributed by atoms with van der Waals surface area (Å²) in [5, 5.41) is 0. The van der Waals surface area contributed by atoms with Gasteiger partial charge in [-0.25, -0.2) is 9.37 Å². The summed E-state index contributed by atoms with van der Waals surface area (Å²) >= 11 is 0. The molecule has 3 aromatic rings. The fraction of sp³-hybridized carbons (Fsp3) is 0.238. The Morgan fingerprint density at radius 1 is 1.21 bits per heavy atom. The number of hydrogen-bond acceptors (Lipinski definition) is 4. The number of rotatable bonds is 4. The van der Waals surface area contributed by atoms with Crippen molar-refractivity contribution in [2.45, 2.75) is 18.8 Å². The molecule has 1 amide bonds. The molecule has 1 atom stereocenters. The molecule has 4 rings (SSSR count). The molecule has 3 heterocycles. The summed E-state index contributed by atoms with van der Waals surface area (Å²) in [5.41, 5.74) is 0.712. The molecule has 7 nitrogen and oxygen atoms in total. The number of amides is 1. The lowest BCUT2D eigenvalue weighted by Crippen LogP contribution is -2.30. The molecule has 1 aliphatic rings.